The lowest BCUT2D eigenvalue weighted by Crippen LogP contribution is -2.54. The Morgan fingerprint density at radius 1 is 0.767 bits per heavy atom. The zero-order valence-corrected chi connectivity index (χ0v) is 49.2. The molecule has 1 unspecified atom stereocenters. The number of pyridine rings is 1. The fourth-order valence-electron chi connectivity index (χ4n) is 10.8. The van der Waals surface area contributed by atoms with Gasteiger partial charge in [-0.15, -0.1) is 0 Å². The first-order valence-electron chi connectivity index (χ1n) is 29.5. The molecule has 4 N–H and O–H groups in total. The molecular formula is C62H76FN11O12. The molecule has 0 bridgehead atoms. The molecule has 0 saturated carbocycles. The van der Waals surface area contributed by atoms with Crippen LogP contribution in [0.25, 0.3) is 11.4 Å². The number of hydrogen-bond acceptors (Lipinski definition) is 17. The molecule has 24 heteroatoms. The summed E-state index contributed by atoms with van der Waals surface area (Å²) in [5.41, 5.74) is 1.61. The quantitative estimate of drug-likeness (QED) is 0.0322. The molecule has 3 saturated heterocycles. The third-order valence-electron chi connectivity index (χ3n) is 15.5. The number of fused-ring (bicyclic) bond motifs is 1. The van der Waals surface area contributed by atoms with E-state index in [-0.39, 0.29) is 66.6 Å². The molecule has 7 amide bonds. The van der Waals surface area contributed by atoms with Gasteiger partial charge in [0.1, 0.15) is 28.7 Å². The average Bonchev–Trinajstić information content (AvgIpc) is 4.02. The van der Waals surface area contributed by atoms with Gasteiger partial charge in [-0.1, -0.05) is 24.6 Å². The molecular weight excluding hydrogens is 1110 g/mol. The summed E-state index contributed by atoms with van der Waals surface area (Å²) in [5.74, 6) is -1.81. The van der Waals surface area contributed by atoms with E-state index in [1.54, 1.807) is 33.2 Å². The number of carbonyl (C=O) groups excluding carboxylic acids is 7. The largest absolute Gasteiger partial charge is 0.494 e. The maximum atomic E-state index is 15.3. The highest BCUT2D eigenvalue weighted by Gasteiger charge is 2.46. The second-order valence-electron chi connectivity index (χ2n) is 22.8. The van der Waals surface area contributed by atoms with Crippen LogP contribution < -0.4 is 25.6 Å². The van der Waals surface area contributed by atoms with Crippen LogP contribution in [0.15, 0.2) is 85.2 Å². The first-order chi connectivity index (χ1) is 41.4. The molecule has 9 rings (SSSR count). The number of likely N-dealkylation sites (tertiary alicyclic amines) is 1. The minimum absolute atomic E-state index is 0.00201. The molecule has 3 aromatic carbocycles. The molecule has 458 valence electrons. The smallest absolute Gasteiger partial charge is 0.410 e. The number of ether oxygens (including phenoxy) is 5. The van der Waals surface area contributed by atoms with Crippen molar-refractivity contribution in [3.8, 4) is 17.1 Å². The number of carbonyl (C=O) groups is 7. The summed E-state index contributed by atoms with van der Waals surface area (Å²) in [6, 6.07) is 19.7. The van der Waals surface area contributed by atoms with E-state index >= 15 is 4.39 Å². The van der Waals surface area contributed by atoms with Crippen molar-refractivity contribution in [3.05, 3.63) is 119 Å². The van der Waals surface area contributed by atoms with E-state index in [4.69, 9.17) is 28.7 Å². The normalized spacial score (nSPS) is 17.3. The minimum Gasteiger partial charge on any atom is -0.494 e. The first kappa shape index (κ1) is 62.2. The Bertz CT molecular complexity index is 3200. The molecule has 2 aromatic heterocycles. The van der Waals surface area contributed by atoms with Gasteiger partial charge in [0.25, 0.3) is 17.7 Å². The number of benzene rings is 3. The van der Waals surface area contributed by atoms with Gasteiger partial charge >= 0.3 is 6.09 Å². The Kier molecular flexibility index (Phi) is 20.7. The lowest BCUT2D eigenvalue weighted by molar-refractivity contribution is -0.136. The summed E-state index contributed by atoms with van der Waals surface area (Å²) in [7, 11) is 0. The number of anilines is 2. The standard InChI is InChI=1S/C62H76FN11O12/c1-41(65-55(77)44-10-9-11-45(38-44)68-62(21-25-73(26-22-62)60(81)86-61(2,3)4)59-67-54(69-70-59)43-18-23-64-24-19-43)42-12-14-46(15-13-42)85-32-8-6-5-7-31-82-34-36-84-37-35-83-33-20-53(76)72-29-27-71(28-30-72)51-40-48-47(39-49(51)63)57(79)74(58(48)80)50-16-17-52(75)66-56(50)78/h9-15,18-19,23-24,38-41,50,68H,5-8,16-17,20-22,25-37H2,1-4H3,(H,65,77)(H,66,75,78)(H,67,69,70)/t41-,50?/m1/s1. The highest BCUT2D eigenvalue weighted by atomic mass is 19.1. The molecule has 0 radical (unpaired) electrons. The molecule has 3 fully saturated rings. The highest BCUT2D eigenvalue weighted by molar-refractivity contribution is 6.23. The topological polar surface area (TPSA) is 269 Å². The second kappa shape index (κ2) is 28.7. The Hall–Kier alpha value is -8.35. The molecule has 5 aromatic rings. The number of nitrogens with zero attached hydrogens (tertiary/aromatic N) is 7. The predicted octanol–water partition coefficient (Wildman–Crippen LogP) is 6.96. The number of amides is 7. The van der Waals surface area contributed by atoms with E-state index in [0.29, 0.717) is 109 Å². The Morgan fingerprint density at radius 3 is 2.12 bits per heavy atom. The number of halogens is 1. The molecule has 2 atom stereocenters. The minimum atomic E-state index is -1.15. The maximum Gasteiger partial charge on any atom is 0.410 e. The van der Waals surface area contributed by atoms with E-state index in [2.05, 4.69) is 31.1 Å². The zero-order valence-electron chi connectivity index (χ0n) is 49.2. The van der Waals surface area contributed by atoms with Crippen LogP contribution in [-0.2, 0) is 38.9 Å². The van der Waals surface area contributed by atoms with E-state index in [1.165, 1.54) is 6.07 Å². The number of unbranched alkanes of at least 4 members (excludes halogenated alkanes) is 3. The van der Waals surface area contributed by atoms with Crippen molar-refractivity contribution in [2.75, 3.05) is 95.7 Å². The van der Waals surface area contributed by atoms with E-state index in [9.17, 15) is 33.6 Å². The van der Waals surface area contributed by atoms with Gasteiger partial charge in [0.2, 0.25) is 17.7 Å². The monoisotopic (exact) mass is 1190 g/mol. The SMILES string of the molecule is C[C@@H](NC(=O)c1cccc(NC2(c3nc(-c4ccncc4)n[nH]3)CCN(C(=O)OC(C)(C)C)CC2)c1)c1ccc(OCCCCCCOCCOCCOCCC(=O)N2CCN(c3cc4c(cc3F)C(=O)N(C3CCC(=O)NC3=O)C4=O)CC2)cc1. The second-order valence-corrected chi connectivity index (χ2v) is 22.8. The molecule has 23 nitrogen and oxygen atoms in total. The number of aromatic amines is 1. The summed E-state index contributed by atoms with van der Waals surface area (Å²) in [5, 5.41) is 16.6. The molecule has 86 heavy (non-hydrogen) atoms. The van der Waals surface area contributed by atoms with Crippen molar-refractivity contribution >= 4 is 52.9 Å². The number of piperazine rings is 1. The highest BCUT2D eigenvalue weighted by Crippen LogP contribution is 2.37. The summed E-state index contributed by atoms with van der Waals surface area (Å²) in [6.07, 6.45) is 8.00. The van der Waals surface area contributed by atoms with Crippen molar-refractivity contribution in [2.45, 2.75) is 109 Å². The number of nitrogens with one attached hydrogen (secondary N) is 4. The van der Waals surface area contributed by atoms with Crippen molar-refractivity contribution in [1.82, 2.24) is 45.5 Å². The van der Waals surface area contributed by atoms with E-state index in [1.807, 2.05) is 82.3 Å². The van der Waals surface area contributed by atoms with Gasteiger partial charge < -0.3 is 49.0 Å². The van der Waals surface area contributed by atoms with Gasteiger partial charge in [0.05, 0.1) is 68.9 Å². The number of H-pyrrole nitrogens is 1. The van der Waals surface area contributed by atoms with Gasteiger partial charge in [-0.05, 0) is 126 Å². The van der Waals surface area contributed by atoms with E-state index < -0.39 is 46.6 Å². The van der Waals surface area contributed by atoms with Crippen LogP contribution in [0.2, 0.25) is 0 Å². The van der Waals surface area contributed by atoms with Crippen LogP contribution in [0.1, 0.15) is 134 Å². The lowest BCUT2D eigenvalue weighted by Gasteiger charge is -2.41. The van der Waals surface area contributed by atoms with Crippen molar-refractivity contribution in [1.29, 1.82) is 0 Å². The van der Waals surface area contributed by atoms with Crippen LogP contribution in [0, 0.1) is 5.82 Å². The fraction of sp³-hybridized carbons (Fsp3) is 0.484. The maximum absolute atomic E-state index is 15.3. The summed E-state index contributed by atoms with van der Waals surface area (Å²) in [6.45, 7) is 12.6. The lowest BCUT2D eigenvalue weighted by atomic mass is 9.86. The van der Waals surface area contributed by atoms with Crippen LogP contribution in [0.4, 0.5) is 20.6 Å². The molecule has 0 spiro atoms. The van der Waals surface area contributed by atoms with Gasteiger partial charge in [0, 0.05) is 81.5 Å². The third-order valence-corrected chi connectivity index (χ3v) is 15.5. The molecule has 4 aliphatic rings. The van der Waals surface area contributed by atoms with E-state index in [0.717, 1.165) is 59.2 Å². The van der Waals surface area contributed by atoms with Gasteiger partial charge in [0.15, 0.2) is 11.6 Å². The fourth-order valence-corrected chi connectivity index (χ4v) is 10.8. The van der Waals surface area contributed by atoms with Crippen LogP contribution in [0.3, 0.4) is 0 Å². The summed E-state index contributed by atoms with van der Waals surface area (Å²) < 4.78 is 44.0. The Morgan fingerprint density at radius 2 is 1.43 bits per heavy atom. The number of imide groups is 2. The first-order valence-corrected chi connectivity index (χ1v) is 29.5. The number of aromatic nitrogens is 4. The number of rotatable bonds is 26. The number of hydrogen-bond donors (Lipinski definition) is 4. The molecule has 0 aliphatic carbocycles. The van der Waals surface area contributed by atoms with Crippen molar-refractivity contribution < 1.29 is 61.6 Å². The Balaban J connectivity index is 0.598. The van der Waals surface area contributed by atoms with Crippen molar-refractivity contribution in [3.63, 3.8) is 0 Å². The third kappa shape index (κ3) is 15.9. The van der Waals surface area contributed by atoms with Gasteiger partial charge in [-0.25, -0.2) is 14.2 Å². The predicted molar refractivity (Wildman–Crippen MR) is 314 cm³/mol. The van der Waals surface area contributed by atoms with Crippen LogP contribution in [0.5, 0.6) is 5.75 Å². The average molecular weight is 1190 g/mol. The summed E-state index contributed by atoms with van der Waals surface area (Å²) >= 11 is 0. The molecule has 6 heterocycles. The zero-order chi connectivity index (χ0) is 60.8. The van der Waals surface area contributed by atoms with Crippen molar-refractivity contribution in [2.24, 2.45) is 0 Å². The number of piperidine rings is 2. The molecule has 4 aliphatic heterocycles. The summed E-state index contributed by atoms with van der Waals surface area (Å²) in [4.78, 5) is 105. The van der Waals surface area contributed by atoms with Gasteiger partial charge in [-0.3, -0.25) is 49.1 Å². The van der Waals surface area contributed by atoms with Crippen LogP contribution >= 0.6 is 0 Å². The Labute approximate surface area is 499 Å². The van der Waals surface area contributed by atoms with Crippen LogP contribution in [-0.4, -0.2) is 174 Å². The van der Waals surface area contributed by atoms with Gasteiger partial charge in [-0.2, -0.15) is 5.10 Å².